The van der Waals surface area contributed by atoms with E-state index in [0.29, 0.717) is 21.5 Å². The summed E-state index contributed by atoms with van der Waals surface area (Å²) in [7, 11) is 0. The van der Waals surface area contributed by atoms with E-state index in [-0.39, 0.29) is 0 Å². The molecule has 0 aliphatic heterocycles. The van der Waals surface area contributed by atoms with Crippen molar-refractivity contribution in [1.29, 1.82) is 0 Å². The monoisotopic (exact) mass is 346 g/mol. The molecule has 0 heterocycles. The summed E-state index contributed by atoms with van der Waals surface area (Å²) in [6.45, 7) is 11.9. The van der Waals surface area contributed by atoms with Crippen molar-refractivity contribution in [1.82, 2.24) is 0 Å². The Hall–Kier alpha value is -1.27. The zero-order valence-corrected chi connectivity index (χ0v) is 14.0. The molecule has 6 heteroatoms. The van der Waals surface area contributed by atoms with Crippen LogP contribution >= 0.6 is 23.5 Å². The van der Waals surface area contributed by atoms with E-state index in [1.165, 1.54) is 29.6 Å². The summed E-state index contributed by atoms with van der Waals surface area (Å²) in [4.78, 5) is 0.502. The molecule has 0 saturated carbocycles. The minimum atomic E-state index is -4.34. The van der Waals surface area contributed by atoms with E-state index >= 15 is 0 Å². The number of thioether (sulfide) groups is 2. The van der Waals surface area contributed by atoms with E-state index in [2.05, 4.69) is 13.2 Å². The quantitative estimate of drug-likeness (QED) is 0.319. The normalized spacial score (nSPS) is 12.1. The minimum absolute atomic E-state index is 0.502. The highest BCUT2D eigenvalue weighted by Gasteiger charge is 2.30. The third-order valence-corrected chi connectivity index (χ3v) is 4.51. The lowest BCUT2D eigenvalue weighted by molar-refractivity contribution is -0.137. The molecule has 0 aliphatic rings. The second-order valence-electron chi connectivity index (χ2n) is 4.27. The van der Waals surface area contributed by atoms with Gasteiger partial charge in [-0.25, -0.2) is 0 Å². The van der Waals surface area contributed by atoms with E-state index < -0.39 is 11.7 Å². The topological polar surface area (TPSA) is 9.23 Å². The molecule has 0 fully saturated rings. The van der Waals surface area contributed by atoms with Crippen LogP contribution in [0.2, 0.25) is 0 Å². The second-order valence-corrected chi connectivity index (χ2v) is 6.67. The van der Waals surface area contributed by atoms with E-state index in [4.69, 9.17) is 4.74 Å². The molecule has 0 radical (unpaired) electrons. The van der Waals surface area contributed by atoms with Gasteiger partial charge in [0.15, 0.2) is 0 Å². The van der Waals surface area contributed by atoms with Gasteiger partial charge in [0.1, 0.15) is 5.76 Å². The molecule has 0 N–H and O–H groups in total. The van der Waals surface area contributed by atoms with Gasteiger partial charge in [-0.2, -0.15) is 13.2 Å². The van der Waals surface area contributed by atoms with Crippen molar-refractivity contribution in [2.45, 2.75) is 24.9 Å². The van der Waals surface area contributed by atoms with Crippen LogP contribution in [0.5, 0.6) is 0 Å². The molecule has 0 atom stereocenters. The summed E-state index contributed by atoms with van der Waals surface area (Å²) in [5.41, 5.74) is 0.199. The molecule has 22 heavy (non-hydrogen) atoms. The molecule has 0 aromatic heterocycles. The zero-order chi connectivity index (χ0) is 16.8. The van der Waals surface area contributed by atoms with Crippen LogP contribution in [0.15, 0.2) is 63.3 Å². The lowest BCUT2D eigenvalue weighted by atomic mass is 10.2. The van der Waals surface area contributed by atoms with Crippen molar-refractivity contribution in [2.75, 3.05) is 6.61 Å². The number of rotatable bonds is 7. The minimum Gasteiger partial charge on any atom is -0.494 e. The largest absolute Gasteiger partial charge is 0.494 e. The molecule has 0 unspecified atom stereocenters. The van der Waals surface area contributed by atoms with Crippen LogP contribution in [-0.2, 0) is 10.9 Å². The lowest BCUT2D eigenvalue weighted by Gasteiger charge is -2.09. The first kappa shape index (κ1) is 18.8. The molecular formula is C16H17F3OS2. The summed E-state index contributed by atoms with van der Waals surface area (Å²) in [5, 5.41) is 1.82. The van der Waals surface area contributed by atoms with Crippen LogP contribution in [0.4, 0.5) is 13.2 Å². The average Bonchev–Trinajstić information content (AvgIpc) is 2.44. The van der Waals surface area contributed by atoms with Crippen LogP contribution in [0.3, 0.4) is 0 Å². The number of benzene rings is 1. The van der Waals surface area contributed by atoms with Crippen molar-refractivity contribution in [3.05, 3.63) is 64.0 Å². The predicted molar refractivity (Wildman–Crippen MR) is 88.6 cm³/mol. The Kier molecular flexibility index (Phi) is 7.16. The standard InChI is InChI=1S/C16H17F3OS2/c1-5-20-12(3)11(2)10-21-13(4)22-15-8-6-7-14(9-15)16(17,18)19/h6-10H,3-5H2,1-2H3/b11-10+. The summed E-state index contributed by atoms with van der Waals surface area (Å²) in [6, 6.07) is 5.19. The van der Waals surface area contributed by atoms with Crippen molar-refractivity contribution >= 4 is 23.5 Å². The van der Waals surface area contributed by atoms with Crippen LogP contribution < -0.4 is 0 Å². The smallest absolute Gasteiger partial charge is 0.416 e. The molecular weight excluding hydrogens is 329 g/mol. The summed E-state index contributed by atoms with van der Waals surface area (Å²) in [5.74, 6) is 0.576. The van der Waals surface area contributed by atoms with Gasteiger partial charge in [-0.05, 0) is 43.0 Å². The van der Waals surface area contributed by atoms with Crippen molar-refractivity contribution in [3.8, 4) is 0 Å². The van der Waals surface area contributed by atoms with Gasteiger partial charge in [-0.1, -0.05) is 42.7 Å². The Morgan fingerprint density at radius 2 is 2.00 bits per heavy atom. The maximum absolute atomic E-state index is 12.7. The van der Waals surface area contributed by atoms with Gasteiger partial charge in [0, 0.05) is 9.13 Å². The Morgan fingerprint density at radius 3 is 2.59 bits per heavy atom. The molecule has 0 spiro atoms. The molecule has 0 bridgehead atoms. The van der Waals surface area contributed by atoms with Gasteiger partial charge in [0.25, 0.3) is 0 Å². The molecule has 0 aliphatic carbocycles. The van der Waals surface area contributed by atoms with Gasteiger partial charge in [0.05, 0.1) is 12.2 Å². The summed E-state index contributed by atoms with van der Waals surface area (Å²) >= 11 is 2.53. The van der Waals surface area contributed by atoms with E-state index in [1.54, 1.807) is 6.07 Å². The van der Waals surface area contributed by atoms with Gasteiger partial charge in [0.2, 0.25) is 0 Å². The van der Waals surface area contributed by atoms with Crippen LogP contribution in [-0.4, -0.2) is 6.61 Å². The fourth-order valence-corrected chi connectivity index (χ4v) is 3.06. The number of ether oxygens (including phenoxy) is 1. The van der Waals surface area contributed by atoms with Crippen molar-refractivity contribution in [3.63, 3.8) is 0 Å². The second kappa shape index (κ2) is 8.39. The third-order valence-electron chi connectivity index (χ3n) is 2.52. The number of alkyl halides is 3. The van der Waals surface area contributed by atoms with Gasteiger partial charge in [-0.3, -0.25) is 0 Å². The van der Waals surface area contributed by atoms with E-state index in [9.17, 15) is 13.2 Å². The highest BCUT2D eigenvalue weighted by Crippen LogP contribution is 2.37. The Labute approximate surface area is 137 Å². The Morgan fingerprint density at radius 1 is 1.32 bits per heavy atom. The lowest BCUT2D eigenvalue weighted by Crippen LogP contribution is -2.04. The molecule has 1 aromatic rings. The van der Waals surface area contributed by atoms with Crippen molar-refractivity contribution in [2.24, 2.45) is 0 Å². The summed E-state index contributed by atoms with van der Waals surface area (Å²) < 4.78 is 43.9. The number of hydrogen-bond donors (Lipinski definition) is 0. The zero-order valence-electron chi connectivity index (χ0n) is 12.4. The van der Waals surface area contributed by atoms with Gasteiger partial charge < -0.3 is 4.74 Å². The molecule has 0 amide bonds. The molecule has 1 rings (SSSR count). The Balaban J connectivity index is 2.66. The molecule has 1 nitrogen and oxygen atoms in total. The molecule has 120 valence electrons. The van der Waals surface area contributed by atoms with Crippen molar-refractivity contribution < 1.29 is 17.9 Å². The SMILES string of the molecule is C=C(S/C=C(\C)C(=C)OCC)Sc1cccc(C(F)(F)F)c1. The number of hydrogen-bond acceptors (Lipinski definition) is 3. The number of halogens is 3. The van der Waals surface area contributed by atoms with Gasteiger partial charge in [-0.15, -0.1) is 0 Å². The fraction of sp³-hybridized carbons (Fsp3) is 0.250. The molecule has 1 aromatic carbocycles. The maximum atomic E-state index is 12.7. The van der Waals surface area contributed by atoms with Crippen LogP contribution in [0.25, 0.3) is 0 Å². The van der Waals surface area contributed by atoms with E-state index in [1.807, 2.05) is 19.3 Å². The van der Waals surface area contributed by atoms with Crippen LogP contribution in [0.1, 0.15) is 19.4 Å². The highest BCUT2D eigenvalue weighted by atomic mass is 32.2. The average molecular weight is 346 g/mol. The summed E-state index contributed by atoms with van der Waals surface area (Å²) in [6.07, 6.45) is -4.34. The Bertz CT molecular complexity index is 577. The molecule has 0 saturated heterocycles. The maximum Gasteiger partial charge on any atom is 0.416 e. The van der Waals surface area contributed by atoms with Gasteiger partial charge >= 0.3 is 6.18 Å². The highest BCUT2D eigenvalue weighted by molar-refractivity contribution is 8.23. The first-order chi connectivity index (χ1) is 10.2. The first-order valence-electron chi connectivity index (χ1n) is 6.43. The predicted octanol–water partition coefficient (Wildman–Crippen LogP) is 6.46. The number of allylic oxidation sites excluding steroid dienone is 1. The van der Waals surface area contributed by atoms with E-state index in [0.717, 1.165) is 17.7 Å². The third kappa shape index (κ3) is 6.23. The van der Waals surface area contributed by atoms with Crippen LogP contribution in [0, 0.1) is 0 Å². The first-order valence-corrected chi connectivity index (χ1v) is 8.13. The fourth-order valence-electron chi connectivity index (χ4n) is 1.40.